The zero-order valence-corrected chi connectivity index (χ0v) is 18.3. The summed E-state index contributed by atoms with van der Waals surface area (Å²) in [5, 5.41) is 0. The Balaban J connectivity index is 1.44. The second kappa shape index (κ2) is 8.68. The first-order valence-electron chi connectivity index (χ1n) is 10.5. The Labute approximate surface area is 181 Å². The quantitative estimate of drug-likeness (QED) is 0.458. The molecule has 3 heterocycles. The van der Waals surface area contributed by atoms with E-state index in [1.54, 1.807) is 24.3 Å². The van der Waals surface area contributed by atoms with Gasteiger partial charge in [0.1, 0.15) is 6.04 Å². The Morgan fingerprint density at radius 3 is 2.23 bits per heavy atom. The number of esters is 1. The SMILES string of the molecule is COC(=O)[C@@H]1CCC(N2CCS(=O)(=O)CC2)CN1CCN1C(=O)c2ccccc2C1=O. The molecule has 0 aliphatic carbocycles. The van der Waals surface area contributed by atoms with Crippen LogP contribution in [0, 0.1) is 0 Å². The van der Waals surface area contributed by atoms with E-state index in [1.807, 2.05) is 4.90 Å². The number of methoxy groups -OCH3 is 1. The molecule has 1 aromatic carbocycles. The van der Waals surface area contributed by atoms with Gasteiger partial charge < -0.3 is 4.74 Å². The predicted molar refractivity (Wildman–Crippen MR) is 112 cm³/mol. The Hall–Kier alpha value is -2.30. The van der Waals surface area contributed by atoms with Gasteiger partial charge in [-0.25, -0.2) is 8.42 Å². The number of hydrogen-bond acceptors (Lipinski definition) is 8. The molecule has 9 nitrogen and oxygen atoms in total. The second-order valence-electron chi connectivity index (χ2n) is 8.26. The zero-order chi connectivity index (χ0) is 22.2. The Bertz CT molecular complexity index is 946. The number of piperidine rings is 1. The molecule has 0 aromatic heterocycles. The number of nitrogens with zero attached hydrogens (tertiary/aromatic N) is 3. The van der Waals surface area contributed by atoms with Crippen molar-refractivity contribution in [1.29, 1.82) is 0 Å². The lowest BCUT2D eigenvalue weighted by atomic mass is 9.96. The molecule has 2 amide bonds. The van der Waals surface area contributed by atoms with Gasteiger partial charge in [-0.15, -0.1) is 0 Å². The summed E-state index contributed by atoms with van der Waals surface area (Å²) >= 11 is 0. The van der Waals surface area contributed by atoms with Gasteiger partial charge in [0, 0.05) is 38.8 Å². The van der Waals surface area contributed by atoms with E-state index in [0.717, 1.165) is 6.42 Å². The van der Waals surface area contributed by atoms with Crippen molar-refractivity contribution in [2.75, 3.05) is 51.3 Å². The van der Waals surface area contributed by atoms with E-state index in [9.17, 15) is 22.8 Å². The minimum Gasteiger partial charge on any atom is -0.468 e. The molecule has 1 aromatic rings. The summed E-state index contributed by atoms with van der Waals surface area (Å²) in [4.78, 5) is 43.0. The summed E-state index contributed by atoms with van der Waals surface area (Å²) in [5.41, 5.74) is 0.811. The fourth-order valence-electron chi connectivity index (χ4n) is 4.73. The van der Waals surface area contributed by atoms with Crippen molar-refractivity contribution in [1.82, 2.24) is 14.7 Å². The van der Waals surface area contributed by atoms with Crippen molar-refractivity contribution in [3.63, 3.8) is 0 Å². The van der Waals surface area contributed by atoms with Crippen LogP contribution in [0.4, 0.5) is 0 Å². The molecule has 1 unspecified atom stereocenters. The van der Waals surface area contributed by atoms with Crippen LogP contribution in [0.15, 0.2) is 24.3 Å². The highest BCUT2D eigenvalue weighted by Crippen LogP contribution is 2.25. The predicted octanol–water partition coefficient (Wildman–Crippen LogP) is 0.0190. The lowest BCUT2D eigenvalue weighted by molar-refractivity contribution is -0.149. The summed E-state index contributed by atoms with van der Waals surface area (Å²) in [5.74, 6) is -0.658. The maximum absolute atomic E-state index is 12.7. The number of benzene rings is 1. The fourth-order valence-corrected chi connectivity index (χ4v) is 5.96. The Morgan fingerprint density at radius 2 is 1.65 bits per heavy atom. The molecule has 0 N–H and O–H groups in total. The van der Waals surface area contributed by atoms with E-state index in [1.165, 1.54) is 12.0 Å². The van der Waals surface area contributed by atoms with Crippen LogP contribution in [0.1, 0.15) is 33.6 Å². The first kappa shape index (κ1) is 21.9. The molecule has 0 radical (unpaired) electrons. The highest BCUT2D eigenvalue weighted by atomic mass is 32.2. The minimum absolute atomic E-state index is 0.124. The van der Waals surface area contributed by atoms with Crippen molar-refractivity contribution >= 4 is 27.6 Å². The molecular formula is C21H27N3O6S. The Kier molecular flexibility index (Phi) is 6.14. The molecule has 31 heavy (non-hydrogen) atoms. The van der Waals surface area contributed by atoms with Crippen LogP contribution in [-0.4, -0.2) is 104 Å². The number of sulfone groups is 1. The van der Waals surface area contributed by atoms with E-state index in [-0.39, 0.29) is 41.9 Å². The third kappa shape index (κ3) is 4.37. The lowest BCUT2D eigenvalue weighted by Crippen LogP contribution is -2.58. The molecule has 2 saturated heterocycles. The molecule has 3 aliphatic rings. The van der Waals surface area contributed by atoms with E-state index >= 15 is 0 Å². The largest absolute Gasteiger partial charge is 0.468 e. The van der Waals surface area contributed by atoms with Crippen LogP contribution in [0.2, 0.25) is 0 Å². The second-order valence-corrected chi connectivity index (χ2v) is 10.6. The minimum atomic E-state index is -2.97. The molecule has 2 fully saturated rings. The number of rotatable bonds is 5. The molecule has 4 rings (SSSR count). The van der Waals surface area contributed by atoms with Gasteiger partial charge in [0.05, 0.1) is 29.7 Å². The summed E-state index contributed by atoms with van der Waals surface area (Å²) < 4.78 is 28.5. The highest BCUT2D eigenvalue weighted by molar-refractivity contribution is 7.91. The molecule has 0 saturated carbocycles. The standard InChI is InChI=1S/C21H27N3O6S/c1-30-21(27)18-7-6-15(22-10-12-31(28,29)13-11-22)14-23(18)8-9-24-19(25)16-4-2-3-5-17(16)20(24)26/h2-5,15,18H,6-14H2,1H3/t15?,18-/m0/s1. The summed E-state index contributed by atoms with van der Waals surface area (Å²) in [6.45, 7) is 2.07. The van der Waals surface area contributed by atoms with Crippen molar-refractivity contribution in [3.8, 4) is 0 Å². The van der Waals surface area contributed by atoms with E-state index < -0.39 is 15.9 Å². The number of amides is 2. The van der Waals surface area contributed by atoms with Gasteiger partial charge in [-0.1, -0.05) is 12.1 Å². The van der Waals surface area contributed by atoms with Crippen LogP contribution in [-0.2, 0) is 19.4 Å². The topological polar surface area (TPSA) is 104 Å². The number of fused-ring (bicyclic) bond motifs is 1. The van der Waals surface area contributed by atoms with E-state index in [0.29, 0.717) is 43.7 Å². The third-order valence-corrected chi connectivity index (χ3v) is 8.13. The number of imide groups is 1. The monoisotopic (exact) mass is 449 g/mol. The van der Waals surface area contributed by atoms with Crippen LogP contribution >= 0.6 is 0 Å². The molecule has 3 aliphatic heterocycles. The summed E-state index contributed by atoms with van der Waals surface area (Å²) in [7, 11) is -1.61. The van der Waals surface area contributed by atoms with Gasteiger partial charge in [0.15, 0.2) is 9.84 Å². The van der Waals surface area contributed by atoms with Crippen LogP contribution in [0.3, 0.4) is 0 Å². The first-order chi connectivity index (χ1) is 14.8. The number of ether oxygens (including phenoxy) is 1. The van der Waals surface area contributed by atoms with Gasteiger partial charge in [-0.2, -0.15) is 0 Å². The van der Waals surface area contributed by atoms with Gasteiger partial charge in [-0.3, -0.25) is 29.1 Å². The van der Waals surface area contributed by atoms with Crippen molar-refractivity contribution in [2.24, 2.45) is 0 Å². The Morgan fingerprint density at radius 1 is 1.03 bits per heavy atom. The van der Waals surface area contributed by atoms with Gasteiger partial charge >= 0.3 is 5.97 Å². The third-order valence-electron chi connectivity index (χ3n) is 6.52. The van der Waals surface area contributed by atoms with E-state index in [4.69, 9.17) is 4.74 Å². The fraction of sp³-hybridized carbons (Fsp3) is 0.571. The smallest absolute Gasteiger partial charge is 0.323 e. The highest BCUT2D eigenvalue weighted by Gasteiger charge is 2.39. The summed E-state index contributed by atoms with van der Waals surface area (Å²) in [6, 6.07) is 6.44. The van der Waals surface area contributed by atoms with Crippen LogP contribution < -0.4 is 0 Å². The maximum Gasteiger partial charge on any atom is 0.323 e. The van der Waals surface area contributed by atoms with Crippen molar-refractivity contribution in [2.45, 2.75) is 24.9 Å². The number of likely N-dealkylation sites (tertiary alicyclic amines) is 1. The van der Waals surface area contributed by atoms with E-state index in [2.05, 4.69) is 4.90 Å². The first-order valence-corrected chi connectivity index (χ1v) is 12.3. The molecule has 2 atom stereocenters. The van der Waals surface area contributed by atoms with Crippen molar-refractivity contribution < 1.29 is 27.5 Å². The number of carbonyl (C=O) groups excluding carboxylic acids is 3. The summed E-state index contributed by atoms with van der Waals surface area (Å²) in [6.07, 6.45) is 1.35. The van der Waals surface area contributed by atoms with Gasteiger partial charge in [0.2, 0.25) is 0 Å². The van der Waals surface area contributed by atoms with Crippen molar-refractivity contribution in [3.05, 3.63) is 35.4 Å². The lowest BCUT2D eigenvalue weighted by Gasteiger charge is -2.43. The van der Waals surface area contributed by atoms with Gasteiger partial charge in [-0.05, 0) is 25.0 Å². The molecular weight excluding hydrogens is 422 g/mol. The molecule has 10 heteroatoms. The van der Waals surface area contributed by atoms with Crippen LogP contribution in [0.5, 0.6) is 0 Å². The number of hydrogen-bond donors (Lipinski definition) is 0. The number of carbonyl (C=O) groups is 3. The average molecular weight is 450 g/mol. The maximum atomic E-state index is 12.7. The normalized spacial score (nSPS) is 26.7. The zero-order valence-electron chi connectivity index (χ0n) is 17.5. The molecule has 0 bridgehead atoms. The van der Waals surface area contributed by atoms with Gasteiger partial charge in [0.25, 0.3) is 11.8 Å². The average Bonchev–Trinajstić information content (AvgIpc) is 3.01. The molecule has 0 spiro atoms. The molecule has 168 valence electrons. The van der Waals surface area contributed by atoms with Crippen LogP contribution in [0.25, 0.3) is 0 Å².